The van der Waals surface area contributed by atoms with Crippen LogP contribution in [0.25, 0.3) is 0 Å². The number of likely N-dealkylation sites (N-methyl/N-ethyl adjacent to an activating group) is 1. The summed E-state index contributed by atoms with van der Waals surface area (Å²) in [7, 11) is 2.02. The number of benzene rings is 1. The molecule has 5 atom stereocenters. The third-order valence-electron chi connectivity index (χ3n) is 7.14. The lowest BCUT2D eigenvalue weighted by atomic mass is 9.93. The monoisotopic (exact) mass is 567 g/mol. The maximum Gasteiger partial charge on any atom is 0.237 e. The minimum Gasteiger partial charge on any atom is -0.344 e. The van der Waals surface area contributed by atoms with Crippen LogP contribution in [0.5, 0.6) is 0 Å². The number of hydrogen-bond acceptors (Lipinski definition) is 4. The van der Waals surface area contributed by atoms with Crippen molar-refractivity contribution in [1.29, 1.82) is 0 Å². The van der Waals surface area contributed by atoms with E-state index in [9.17, 15) is 9.59 Å². The van der Waals surface area contributed by atoms with Crippen molar-refractivity contribution in [3.63, 3.8) is 0 Å². The van der Waals surface area contributed by atoms with Crippen LogP contribution < -0.4 is 11.1 Å². The minimum absolute atomic E-state index is 0.0319. The Labute approximate surface area is 253 Å². The summed E-state index contributed by atoms with van der Waals surface area (Å²) < 4.78 is 0. The van der Waals surface area contributed by atoms with Gasteiger partial charge in [-0.1, -0.05) is 83.5 Å². The molecule has 0 saturated carbocycles. The molecule has 3 N–H and O–H groups in total. The average molecular weight is 568 g/mol. The standard InChI is InChI=1S/C31H49N3O2.C3H6.C2H6/c1-7-10-16-24(4)30(27-18-12-11-13-19-27)33-31(36)25(5)34(6)29(9-3)20-14-17-26(23-35)21-22-28(32)15-8-2;1-3-2;1-2/h7,11-13,16,18-19,23,25-26,28-30H,4,8-9,14-15,17,20-22,32H2,1-3,5-6H3,(H,33,36);3H,1H2,2H3;1-2H3. The van der Waals surface area contributed by atoms with Gasteiger partial charge in [0, 0.05) is 18.0 Å². The van der Waals surface area contributed by atoms with Crippen molar-refractivity contribution < 1.29 is 9.59 Å². The molecule has 0 aliphatic rings. The van der Waals surface area contributed by atoms with E-state index in [1.54, 1.807) is 6.08 Å². The van der Waals surface area contributed by atoms with Gasteiger partial charge in [0.2, 0.25) is 5.91 Å². The zero-order chi connectivity index (χ0) is 31.6. The quantitative estimate of drug-likeness (QED) is 0.0809. The molecule has 0 fully saturated rings. The first-order valence-electron chi connectivity index (χ1n) is 15.6. The molecular formula is C36H61N3O2. The van der Waals surface area contributed by atoms with Crippen molar-refractivity contribution in [3.8, 4) is 0 Å². The van der Waals surface area contributed by atoms with Gasteiger partial charge in [0.05, 0.1) is 12.1 Å². The fraction of sp³-hybridized carbons (Fsp3) is 0.583. The van der Waals surface area contributed by atoms with E-state index in [1.165, 1.54) is 0 Å². The number of rotatable bonds is 18. The number of nitrogens with two attached hydrogens (primary N) is 1. The van der Waals surface area contributed by atoms with E-state index in [-0.39, 0.29) is 36.0 Å². The molecule has 5 unspecified atom stereocenters. The number of carbonyl (C=O) groups excluding carboxylic acids is 2. The Morgan fingerprint density at radius 3 is 2.20 bits per heavy atom. The van der Waals surface area contributed by atoms with Crippen LogP contribution in [0.15, 0.2) is 73.0 Å². The molecule has 5 heteroatoms. The molecule has 0 aliphatic heterocycles. The summed E-state index contributed by atoms with van der Waals surface area (Å²) in [6, 6.07) is 9.74. The topological polar surface area (TPSA) is 75.4 Å². The van der Waals surface area contributed by atoms with Gasteiger partial charge in [-0.25, -0.2) is 0 Å². The first-order chi connectivity index (χ1) is 19.7. The molecule has 0 radical (unpaired) electrons. The average Bonchev–Trinajstić information content (AvgIpc) is 2.99. The Hall–Kier alpha value is -2.72. The second kappa shape index (κ2) is 26.2. The first-order valence-corrected chi connectivity index (χ1v) is 15.6. The SMILES string of the molecule is C=C(C=C=CC)C(NC(=O)C(C)N(C)C(CC)CCCC(C=O)CCC(N)CCC)c1ccccc1.C=CC.CC. The summed E-state index contributed by atoms with van der Waals surface area (Å²) in [5.41, 5.74) is 11.0. The normalized spacial score (nSPS) is 13.8. The van der Waals surface area contributed by atoms with Gasteiger partial charge >= 0.3 is 0 Å². The smallest absolute Gasteiger partial charge is 0.237 e. The maximum absolute atomic E-state index is 13.3. The van der Waals surface area contributed by atoms with Crippen LogP contribution >= 0.6 is 0 Å². The van der Waals surface area contributed by atoms with Gasteiger partial charge in [-0.2, -0.15) is 0 Å². The molecule has 1 rings (SSSR count). The third kappa shape index (κ3) is 17.6. The van der Waals surface area contributed by atoms with Gasteiger partial charge < -0.3 is 15.8 Å². The van der Waals surface area contributed by atoms with E-state index < -0.39 is 0 Å². The molecule has 0 heterocycles. The molecule has 41 heavy (non-hydrogen) atoms. The largest absolute Gasteiger partial charge is 0.344 e. The summed E-state index contributed by atoms with van der Waals surface area (Å²) in [5, 5.41) is 3.20. The van der Waals surface area contributed by atoms with Gasteiger partial charge in [0.15, 0.2) is 0 Å². The Morgan fingerprint density at radius 2 is 1.68 bits per heavy atom. The van der Waals surface area contributed by atoms with Gasteiger partial charge in [-0.05, 0) is 89.6 Å². The van der Waals surface area contributed by atoms with Crippen LogP contribution in [-0.4, -0.2) is 42.3 Å². The summed E-state index contributed by atoms with van der Waals surface area (Å²) in [6.07, 6.45) is 14.1. The van der Waals surface area contributed by atoms with Gasteiger partial charge in [0.25, 0.3) is 0 Å². The molecular weight excluding hydrogens is 506 g/mol. The zero-order valence-electron chi connectivity index (χ0n) is 27.5. The molecule has 0 aliphatic carbocycles. The Balaban J connectivity index is 0. The molecule has 0 spiro atoms. The maximum atomic E-state index is 13.3. The molecule has 0 saturated heterocycles. The van der Waals surface area contributed by atoms with Crippen LogP contribution in [0.3, 0.4) is 0 Å². The van der Waals surface area contributed by atoms with Crippen LogP contribution in [0.2, 0.25) is 0 Å². The Morgan fingerprint density at radius 1 is 1.07 bits per heavy atom. The highest BCUT2D eigenvalue weighted by atomic mass is 16.2. The number of nitrogens with zero attached hydrogens (tertiary/aromatic N) is 1. The fourth-order valence-electron chi connectivity index (χ4n) is 4.61. The van der Waals surface area contributed by atoms with Crippen LogP contribution in [0.4, 0.5) is 0 Å². The molecule has 1 aromatic rings. The molecule has 0 aromatic heterocycles. The molecule has 1 aromatic carbocycles. The summed E-state index contributed by atoms with van der Waals surface area (Å²) >= 11 is 0. The molecule has 232 valence electrons. The number of carbonyl (C=O) groups is 2. The second-order valence-corrected chi connectivity index (χ2v) is 10.3. The number of nitrogens with one attached hydrogen (secondary N) is 1. The highest BCUT2D eigenvalue weighted by Crippen LogP contribution is 2.23. The van der Waals surface area contributed by atoms with Crippen molar-refractivity contribution in [2.24, 2.45) is 11.7 Å². The Bertz CT molecular complexity index is 889. The van der Waals surface area contributed by atoms with E-state index >= 15 is 0 Å². The minimum atomic E-state index is -0.311. The third-order valence-corrected chi connectivity index (χ3v) is 7.14. The van der Waals surface area contributed by atoms with Crippen LogP contribution in [0, 0.1) is 5.92 Å². The van der Waals surface area contributed by atoms with E-state index in [0.717, 1.165) is 68.8 Å². The summed E-state index contributed by atoms with van der Waals surface area (Å²) in [6.45, 7) is 21.6. The fourth-order valence-corrected chi connectivity index (χ4v) is 4.61. The van der Waals surface area contributed by atoms with E-state index in [2.05, 4.69) is 43.0 Å². The van der Waals surface area contributed by atoms with Gasteiger partial charge in [0.1, 0.15) is 6.29 Å². The van der Waals surface area contributed by atoms with E-state index in [4.69, 9.17) is 5.73 Å². The number of amides is 1. The number of hydrogen-bond donors (Lipinski definition) is 2. The lowest BCUT2D eigenvalue weighted by molar-refractivity contribution is -0.126. The first kappa shape index (κ1) is 40.4. The van der Waals surface area contributed by atoms with Crippen molar-refractivity contribution in [2.45, 2.75) is 124 Å². The Kier molecular flexibility index (Phi) is 25.8. The summed E-state index contributed by atoms with van der Waals surface area (Å²) in [5.74, 6) is 0.0369. The van der Waals surface area contributed by atoms with Gasteiger partial charge in [-0.3, -0.25) is 9.69 Å². The van der Waals surface area contributed by atoms with Crippen molar-refractivity contribution in [3.05, 3.63) is 78.6 Å². The van der Waals surface area contributed by atoms with Crippen molar-refractivity contribution >= 4 is 12.2 Å². The predicted octanol–water partition coefficient (Wildman–Crippen LogP) is 8.34. The number of allylic oxidation sites excluding steroid dienone is 1. The van der Waals surface area contributed by atoms with Crippen LogP contribution in [-0.2, 0) is 9.59 Å². The lowest BCUT2D eigenvalue weighted by Gasteiger charge is -2.33. The zero-order valence-corrected chi connectivity index (χ0v) is 27.5. The molecule has 0 bridgehead atoms. The second-order valence-electron chi connectivity index (χ2n) is 10.3. The van der Waals surface area contributed by atoms with Crippen molar-refractivity contribution in [1.82, 2.24) is 10.2 Å². The summed E-state index contributed by atoms with van der Waals surface area (Å²) in [4.78, 5) is 27.0. The highest BCUT2D eigenvalue weighted by Gasteiger charge is 2.26. The van der Waals surface area contributed by atoms with E-state index in [0.29, 0.717) is 0 Å². The lowest BCUT2D eigenvalue weighted by Crippen LogP contribution is -2.48. The van der Waals surface area contributed by atoms with Crippen molar-refractivity contribution in [2.75, 3.05) is 7.05 Å². The van der Waals surface area contributed by atoms with Crippen LogP contribution in [0.1, 0.15) is 111 Å². The molecule has 1 amide bonds. The predicted molar refractivity (Wildman–Crippen MR) is 179 cm³/mol. The van der Waals surface area contributed by atoms with E-state index in [1.807, 2.05) is 84.2 Å². The highest BCUT2D eigenvalue weighted by molar-refractivity contribution is 5.82. The number of aldehydes is 1. The van der Waals surface area contributed by atoms with Gasteiger partial charge in [-0.15, -0.1) is 12.3 Å². The molecule has 5 nitrogen and oxygen atoms in total.